The van der Waals surface area contributed by atoms with Crippen molar-refractivity contribution in [1.29, 1.82) is 0 Å². The second-order valence-corrected chi connectivity index (χ2v) is 6.25. The van der Waals surface area contributed by atoms with Gasteiger partial charge in [0.1, 0.15) is 5.75 Å². The Morgan fingerprint density at radius 2 is 1.90 bits per heavy atom. The summed E-state index contributed by atoms with van der Waals surface area (Å²) in [5.74, 6) is -1.20. The molecule has 2 aromatic carbocycles. The highest BCUT2D eigenvalue weighted by atomic mass is 79.9. The Balaban J connectivity index is 2.31. The van der Waals surface area contributed by atoms with Crippen LogP contribution >= 0.6 is 39.1 Å². The highest BCUT2D eigenvalue weighted by molar-refractivity contribution is 9.10. The molecule has 0 saturated carbocycles. The Morgan fingerprint density at radius 1 is 1.19 bits per heavy atom. The van der Waals surface area contributed by atoms with Crippen LogP contribution in [0.1, 0.15) is 16.5 Å². The van der Waals surface area contributed by atoms with E-state index >= 15 is 0 Å². The largest absolute Gasteiger partial charge is 0.495 e. The standard InChI is InChI=1S/C15H11BrCl2F2O/c1-21-15-10(6-9(17)7-11(15)16)12(18)4-8-2-3-13(19)14(20)5-8/h2-3,5-7,12H,4H2,1H3. The van der Waals surface area contributed by atoms with Crippen molar-refractivity contribution in [2.45, 2.75) is 11.8 Å². The summed E-state index contributed by atoms with van der Waals surface area (Å²) in [6.45, 7) is 0. The van der Waals surface area contributed by atoms with Crippen LogP contribution in [0.25, 0.3) is 0 Å². The molecule has 0 bridgehead atoms. The molecule has 1 nitrogen and oxygen atoms in total. The van der Waals surface area contributed by atoms with Gasteiger partial charge in [-0.25, -0.2) is 8.78 Å². The van der Waals surface area contributed by atoms with Crippen LogP contribution in [0.15, 0.2) is 34.8 Å². The van der Waals surface area contributed by atoms with Crippen molar-refractivity contribution in [2.24, 2.45) is 0 Å². The van der Waals surface area contributed by atoms with Gasteiger partial charge in [0.05, 0.1) is 17.0 Å². The summed E-state index contributed by atoms with van der Waals surface area (Å²) in [5, 5.41) is 0.0217. The van der Waals surface area contributed by atoms with E-state index in [1.807, 2.05) is 0 Å². The van der Waals surface area contributed by atoms with Gasteiger partial charge in [-0.05, 0) is 52.2 Å². The molecule has 2 rings (SSSR count). The van der Waals surface area contributed by atoms with Gasteiger partial charge in [0.15, 0.2) is 11.6 Å². The second kappa shape index (κ2) is 6.95. The van der Waals surface area contributed by atoms with E-state index in [1.165, 1.54) is 13.2 Å². The summed E-state index contributed by atoms with van der Waals surface area (Å²) in [6.07, 6.45) is 0.321. The molecule has 0 aliphatic carbocycles. The van der Waals surface area contributed by atoms with Crippen LogP contribution in [0.5, 0.6) is 5.75 Å². The van der Waals surface area contributed by atoms with Crippen molar-refractivity contribution < 1.29 is 13.5 Å². The summed E-state index contributed by atoms with van der Waals surface area (Å²) in [6, 6.07) is 7.11. The quantitative estimate of drug-likeness (QED) is 0.584. The molecule has 2 aromatic rings. The Labute approximate surface area is 140 Å². The third-order valence-corrected chi connectivity index (χ3v) is 4.17. The first kappa shape index (κ1) is 16.5. The summed E-state index contributed by atoms with van der Waals surface area (Å²) >= 11 is 15.8. The minimum Gasteiger partial charge on any atom is -0.495 e. The third kappa shape index (κ3) is 3.87. The van der Waals surface area contributed by atoms with Gasteiger partial charge in [0.25, 0.3) is 0 Å². The molecule has 1 atom stereocenters. The lowest BCUT2D eigenvalue weighted by Gasteiger charge is -2.16. The SMILES string of the molecule is COc1c(Br)cc(Cl)cc1C(Cl)Cc1ccc(F)c(F)c1. The Kier molecular flexibility index (Phi) is 5.47. The molecule has 0 fully saturated rings. The summed E-state index contributed by atoms with van der Waals surface area (Å²) in [5.41, 5.74) is 1.27. The number of benzene rings is 2. The van der Waals surface area contributed by atoms with E-state index in [0.29, 0.717) is 32.8 Å². The van der Waals surface area contributed by atoms with Gasteiger partial charge >= 0.3 is 0 Å². The molecule has 0 N–H and O–H groups in total. The molecule has 112 valence electrons. The zero-order valence-electron chi connectivity index (χ0n) is 11.0. The maximum atomic E-state index is 13.2. The van der Waals surface area contributed by atoms with Crippen LogP contribution in [0, 0.1) is 11.6 Å². The first-order valence-electron chi connectivity index (χ1n) is 6.03. The van der Waals surface area contributed by atoms with Crippen molar-refractivity contribution in [3.05, 3.63) is 62.6 Å². The van der Waals surface area contributed by atoms with E-state index < -0.39 is 17.0 Å². The van der Waals surface area contributed by atoms with Crippen molar-refractivity contribution in [3.8, 4) is 5.75 Å². The lowest BCUT2D eigenvalue weighted by molar-refractivity contribution is 0.406. The molecule has 0 spiro atoms. The zero-order chi connectivity index (χ0) is 15.6. The third-order valence-electron chi connectivity index (χ3n) is 2.98. The fraction of sp³-hybridized carbons (Fsp3) is 0.200. The van der Waals surface area contributed by atoms with Gasteiger partial charge in [-0.1, -0.05) is 17.7 Å². The molecule has 21 heavy (non-hydrogen) atoms. The molecule has 0 amide bonds. The van der Waals surface area contributed by atoms with Crippen LogP contribution < -0.4 is 4.74 Å². The van der Waals surface area contributed by atoms with Crippen LogP contribution in [-0.4, -0.2) is 7.11 Å². The summed E-state index contributed by atoms with van der Waals surface area (Å²) in [4.78, 5) is 0. The van der Waals surface area contributed by atoms with E-state index in [1.54, 1.807) is 12.1 Å². The van der Waals surface area contributed by atoms with Gasteiger partial charge in [-0.3, -0.25) is 0 Å². The molecule has 0 aliphatic heterocycles. The van der Waals surface area contributed by atoms with Gasteiger partial charge in [0.2, 0.25) is 0 Å². The average molecular weight is 396 g/mol. The number of hydrogen-bond donors (Lipinski definition) is 0. The van der Waals surface area contributed by atoms with Crippen LogP contribution in [0.4, 0.5) is 8.78 Å². The van der Waals surface area contributed by atoms with Crippen molar-refractivity contribution in [3.63, 3.8) is 0 Å². The average Bonchev–Trinajstić information content (AvgIpc) is 2.42. The summed E-state index contributed by atoms with van der Waals surface area (Å²) < 4.78 is 32.2. The van der Waals surface area contributed by atoms with Crippen molar-refractivity contribution in [1.82, 2.24) is 0 Å². The van der Waals surface area contributed by atoms with Crippen LogP contribution in [0.3, 0.4) is 0 Å². The topological polar surface area (TPSA) is 9.23 Å². The number of halogens is 5. The zero-order valence-corrected chi connectivity index (χ0v) is 14.1. The minimum absolute atomic E-state index is 0.321. The molecule has 6 heteroatoms. The fourth-order valence-electron chi connectivity index (χ4n) is 2.01. The first-order chi connectivity index (χ1) is 9.92. The minimum atomic E-state index is -0.893. The van der Waals surface area contributed by atoms with E-state index in [4.69, 9.17) is 27.9 Å². The van der Waals surface area contributed by atoms with E-state index in [9.17, 15) is 8.78 Å². The monoisotopic (exact) mass is 394 g/mol. The van der Waals surface area contributed by atoms with Gasteiger partial charge in [0, 0.05) is 10.6 Å². The van der Waals surface area contributed by atoms with Crippen LogP contribution in [-0.2, 0) is 6.42 Å². The lowest BCUT2D eigenvalue weighted by Crippen LogP contribution is -2.01. The van der Waals surface area contributed by atoms with E-state index in [-0.39, 0.29) is 0 Å². The van der Waals surface area contributed by atoms with E-state index in [2.05, 4.69) is 15.9 Å². The lowest BCUT2D eigenvalue weighted by atomic mass is 10.0. The van der Waals surface area contributed by atoms with Gasteiger partial charge in [-0.15, -0.1) is 11.6 Å². The molecule has 0 aliphatic rings. The first-order valence-corrected chi connectivity index (χ1v) is 7.64. The Bertz CT molecular complexity index is 664. The maximum absolute atomic E-state index is 13.2. The second-order valence-electron chi connectivity index (χ2n) is 4.43. The number of hydrogen-bond acceptors (Lipinski definition) is 1. The molecular weight excluding hydrogens is 385 g/mol. The normalized spacial score (nSPS) is 12.3. The number of methoxy groups -OCH3 is 1. The number of rotatable bonds is 4. The van der Waals surface area contributed by atoms with Gasteiger partial charge in [-0.2, -0.15) is 0 Å². The predicted molar refractivity (Wildman–Crippen MR) is 84.4 cm³/mol. The molecular formula is C15H11BrCl2F2O. The fourth-order valence-corrected chi connectivity index (χ4v) is 3.35. The molecule has 0 heterocycles. The number of ether oxygens (including phenoxy) is 1. The molecule has 0 aromatic heterocycles. The van der Waals surface area contributed by atoms with Crippen molar-refractivity contribution >= 4 is 39.1 Å². The smallest absolute Gasteiger partial charge is 0.159 e. The Morgan fingerprint density at radius 3 is 2.52 bits per heavy atom. The maximum Gasteiger partial charge on any atom is 0.159 e. The van der Waals surface area contributed by atoms with Crippen LogP contribution in [0.2, 0.25) is 5.02 Å². The number of alkyl halides is 1. The van der Waals surface area contributed by atoms with Crippen molar-refractivity contribution in [2.75, 3.05) is 7.11 Å². The molecule has 1 unspecified atom stereocenters. The highest BCUT2D eigenvalue weighted by Gasteiger charge is 2.18. The van der Waals surface area contributed by atoms with Gasteiger partial charge < -0.3 is 4.74 Å². The highest BCUT2D eigenvalue weighted by Crippen LogP contribution is 2.39. The predicted octanol–water partition coefficient (Wildman–Crippen LogP) is 5.91. The van der Waals surface area contributed by atoms with E-state index in [0.717, 1.165) is 12.1 Å². The Hall–Kier alpha value is -0.840. The molecule has 0 radical (unpaired) electrons. The summed E-state index contributed by atoms with van der Waals surface area (Å²) in [7, 11) is 1.53. The molecule has 0 saturated heterocycles.